The Labute approximate surface area is 113 Å². The molecule has 1 aromatic heterocycles. The molecule has 1 aromatic rings. The third kappa shape index (κ3) is 4.31. The first-order chi connectivity index (χ1) is 9.29. The van der Waals surface area contributed by atoms with Crippen LogP contribution in [0.25, 0.3) is 0 Å². The molecule has 0 saturated carbocycles. The van der Waals surface area contributed by atoms with E-state index in [0.29, 0.717) is 18.4 Å². The summed E-state index contributed by atoms with van der Waals surface area (Å²) >= 11 is 0. The molecule has 6 heteroatoms. The zero-order valence-electron chi connectivity index (χ0n) is 11.3. The Hall–Kier alpha value is -1.43. The smallest absolute Gasteiger partial charge is 0.224 e. The van der Waals surface area contributed by atoms with Crippen molar-refractivity contribution >= 4 is 11.8 Å². The van der Waals surface area contributed by atoms with E-state index in [0.717, 1.165) is 39.0 Å². The normalized spacial score (nSPS) is 18.5. The molecule has 1 aliphatic rings. The van der Waals surface area contributed by atoms with E-state index >= 15 is 0 Å². The molecule has 1 fully saturated rings. The molecule has 0 amide bonds. The number of nitrogens with one attached hydrogen (secondary N) is 2. The SMILES string of the molecule is CCCNc1ncc(F)c(NCCC2CCOC2)n1. The largest absolute Gasteiger partial charge is 0.381 e. The van der Waals surface area contributed by atoms with Crippen LogP contribution in [0.15, 0.2) is 6.20 Å². The summed E-state index contributed by atoms with van der Waals surface area (Å²) < 4.78 is 18.9. The Morgan fingerprint density at radius 2 is 2.32 bits per heavy atom. The molecule has 2 rings (SSSR count). The Morgan fingerprint density at radius 1 is 1.42 bits per heavy atom. The van der Waals surface area contributed by atoms with Crippen LogP contribution in [0.2, 0.25) is 0 Å². The van der Waals surface area contributed by atoms with Crippen LogP contribution in [0, 0.1) is 11.7 Å². The van der Waals surface area contributed by atoms with Crippen molar-refractivity contribution < 1.29 is 9.13 Å². The molecule has 106 valence electrons. The van der Waals surface area contributed by atoms with E-state index in [-0.39, 0.29) is 5.82 Å². The highest BCUT2D eigenvalue weighted by Crippen LogP contribution is 2.17. The molecule has 1 saturated heterocycles. The molecule has 19 heavy (non-hydrogen) atoms. The summed E-state index contributed by atoms with van der Waals surface area (Å²) in [6, 6.07) is 0. The molecule has 0 radical (unpaired) electrons. The molecule has 0 aliphatic carbocycles. The lowest BCUT2D eigenvalue weighted by molar-refractivity contribution is 0.185. The Morgan fingerprint density at radius 3 is 3.05 bits per heavy atom. The van der Waals surface area contributed by atoms with Crippen molar-refractivity contribution in [1.82, 2.24) is 9.97 Å². The average Bonchev–Trinajstić information content (AvgIpc) is 2.92. The quantitative estimate of drug-likeness (QED) is 0.794. The lowest BCUT2D eigenvalue weighted by Crippen LogP contribution is -2.13. The zero-order chi connectivity index (χ0) is 13.5. The van der Waals surface area contributed by atoms with E-state index in [1.54, 1.807) is 0 Å². The Balaban J connectivity index is 1.83. The van der Waals surface area contributed by atoms with Crippen molar-refractivity contribution in [2.45, 2.75) is 26.2 Å². The van der Waals surface area contributed by atoms with Crippen molar-refractivity contribution in [3.05, 3.63) is 12.0 Å². The lowest BCUT2D eigenvalue weighted by Gasteiger charge is -2.11. The summed E-state index contributed by atoms with van der Waals surface area (Å²) in [5.74, 6) is 0.905. The molecule has 1 aliphatic heterocycles. The van der Waals surface area contributed by atoms with E-state index < -0.39 is 5.82 Å². The van der Waals surface area contributed by atoms with Crippen LogP contribution in [0.5, 0.6) is 0 Å². The number of anilines is 2. The van der Waals surface area contributed by atoms with Gasteiger partial charge < -0.3 is 15.4 Å². The molecular formula is C13H21FN4O. The topological polar surface area (TPSA) is 59.1 Å². The van der Waals surface area contributed by atoms with Crippen LogP contribution >= 0.6 is 0 Å². The summed E-state index contributed by atoms with van der Waals surface area (Å²) in [6.45, 7) is 5.20. The first-order valence-electron chi connectivity index (χ1n) is 6.87. The summed E-state index contributed by atoms with van der Waals surface area (Å²) in [4.78, 5) is 8.04. The maximum atomic E-state index is 13.6. The second kappa shape index (κ2) is 7.23. The van der Waals surface area contributed by atoms with Crippen LogP contribution in [-0.2, 0) is 4.74 Å². The highest BCUT2D eigenvalue weighted by Gasteiger charge is 2.15. The maximum absolute atomic E-state index is 13.6. The van der Waals surface area contributed by atoms with E-state index in [4.69, 9.17) is 4.74 Å². The second-order valence-corrected chi connectivity index (χ2v) is 4.76. The van der Waals surface area contributed by atoms with Gasteiger partial charge in [0.25, 0.3) is 0 Å². The number of hydrogen-bond acceptors (Lipinski definition) is 5. The summed E-state index contributed by atoms with van der Waals surface area (Å²) in [5, 5.41) is 6.08. The van der Waals surface area contributed by atoms with Gasteiger partial charge in [0.1, 0.15) is 0 Å². The summed E-state index contributed by atoms with van der Waals surface area (Å²) in [5.41, 5.74) is 0. The number of aromatic nitrogens is 2. The third-order valence-corrected chi connectivity index (χ3v) is 3.15. The van der Waals surface area contributed by atoms with Crippen LogP contribution in [0.3, 0.4) is 0 Å². The number of nitrogens with zero attached hydrogens (tertiary/aromatic N) is 2. The van der Waals surface area contributed by atoms with Gasteiger partial charge in [-0.25, -0.2) is 9.37 Å². The van der Waals surface area contributed by atoms with Crippen molar-refractivity contribution in [2.24, 2.45) is 5.92 Å². The maximum Gasteiger partial charge on any atom is 0.224 e. The molecule has 1 atom stereocenters. The van der Waals surface area contributed by atoms with Crippen LogP contribution in [0.4, 0.5) is 16.2 Å². The van der Waals surface area contributed by atoms with E-state index in [1.807, 2.05) is 0 Å². The predicted molar refractivity (Wildman–Crippen MR) is 72.8 cm³/mol. The lowest BCUT2D eigenvalue weighted by atomic mass is 10.1. The average molecular weight is 268 g/mol. The van der Waals surface area contributed by atoms with Gasteiger partial charge in [-0.15, -0.1) is 0 Å². The fourth-order valence-corrected chi connectivity index (χ4v) is 2.02. The van der Waals surface area contributed by atoms with E-state index in [1.165, 1.54) is 6.20 Å². The molecule has 0 spiro atoms. The van der Waals surface area contributed by atoms with Gasteiger partial charge in [0.2, 0.25) is 5.95 Å². The van der Waals surface area contributed by atoms with Gasteiger partial charge in [-0.05, 0) is 25.2 Å². The first kappa shape index (κ1) is 14.0. The minimum absolute atomic E-state index is 0.271. The first-order valence-corrected chi connectivity index (χ1v) is 6.87. The third-order valence-electron chi connectivity index (χ3n) is 3.15. The molecule has 1 unspecified atom stereocenters. The minimum atomic E-state index is -0.412. The number of halogens is 1. The van der Waals surface area contributed by atoms with Gasteiger partial charge in [-0.1, -0.05) is 6.92 Å². The minimum Gasteiger partial charge on any atom is -0.381 e. The predicted octanol–water partition coefficient (Wildman–Crippen LogP) is 2.28. The fourth-order valence-electron chi connectivity index (χ4n) is 2.02. The van der Waals surface area contributed by atoms with Gasteiger partial charge >= 0.3 is 0 Å². The second-order valence-electron chi connectivity index (χ2n) is 4.76. The van der Waals surface area contributed by atoms with Gasteiger partial charge in [0, 0.05) is 26.3 Å². The van der Waals surface area contributed by atoms with Crippen LogP contribution in [-0.4, -0.2) is 36.3 Å². The van der Waals surface area contributed by atoms with E-state index in [9.17, 15) is 4.39 Å². The monoisotopic (exact) mass is 268 g/mol. The van der Waals surface area contributed by atoms with Gasteiger partial charge in [0.15, 0.2) is 11.6 Å². The molecule has 5 nitrogen and oxygen atoms in total. The highest BCUT2D eigenvalue weighted by molar-refractivity contribution is 5.40. The Kier molecular flexibility index (Phi) is 5.32. The molecule has 2 N–H and O–H groups in total. The van der Waals surface area contributed by atoms with Crippen molar-refractivity contribution in [2.75, 3.05) is 36.9 Å². The van der Waals surface area contributed by atoms with Crippen molar-refractivity contribution in [3.63, 3.8) is 0 Å². The molecule has 2 heterocycles. The highest BCUT2D eigenvalue weighted by atomic mass is 19.1. The van der Waals surface area contributed by atoms with Crippen LogP contribution in [0.1, 0.15) is 26.2 Å². The van der Waals surface area contributed by atoms with Crippen molar-refractivity contribution in [1.29, 1.82) is 0 Å². The van der Waals surface area contributed by atoms with E-state index in [2.05, 4.69) is 27.5 Å². The molecule has 0 aromatic carbocycles. The molecular weight excluding hydrogens is 247 g/mol. The van der Waals surface area contributed by atoms with Crippen molar-refractivity contribution in [3.8, 4) is 0 Å². The number of ether oxygens (including phenoxy) is 1. The number of rotatable bonds is 7. The Bertz CT molecular complexity index is 396. The van der Waals surface area contributed by atoms with Gasteiger partial charge in [-0.2, -0.15) is 4.98 Å². The molecule has 0 bridgehead atoms. The summed E-state index contributed by atoms with van der Waals surface area (Å²) in [7, 11) is 0. The fraction of sp³-hybridized carbons (Fsp3) is 0.692. The summed E-state index contributed by atoms with van der Waals surface area (Å²) in [6.07, 6.45) is 4.25. The van der Waals surface area contributed by atoms with Gasteiger partial charge in [-0.3, -0.25) is 0 Å². The standard InChI is InChI=1S/C13H21FN4O/c1-2-5-16-13-17-8-11(14)12(18-13)15-6-3-10-4-7-19-9-10/h8,10H,2-7,9H2,1H3,(H2,15,16,17,18). The van der Waals surface area contributed by atoms with Gasteiger partial charge in [0.05, 0.1) is 6.20 Å². The van der Waals surface area contributed by atoms with Crippen LogP contribution < -0.4 is 10.6 Å². The zero-order valence-corrected chi connectivity index (χ0v) is 11.3. The number of hydrogen-bond donors (Lipinski definition) is 2.